The monoisotopic (exact) mass is 250 g/mol. The van der Waals surface area contributed by atoms with E-state index in [1.165, 1.54) is 19.3 Å². The largest absolute Gasteiger partial charge is 0.325 e. The summed E-state index contributed by atoms with van der Waals surface area (Å²) in [4.78, 5) is 4.40. The highest BCUT2D eigenvalue weighted by Crippen LogP contribution is 2.34. The van der Waals surface area contributed by atoms with Crippen molar-refractivity contribution in [3.05, 3.63) is 12.2 Å². The molecular formula is C14H26N4. The summed E-state index contributed by atoms with van der Waals surface area (Å²) in [5.74, 6) is 1.84. The molecule has 0 bridgehead atoms. The summed E-state index contributed by atoms with van der Waals surface area (Å²) < 4.78 is 2.00. The van der Waals surface area contributed by atoms with E-state index in [1.807, 2.05) is 4.68 Å². The smallest absolute Gasteiger partial charge is 0.138 e. The molecule has 1 aliphatic carbocycles. The fraction of sp³-hybridized carbons (Fsp3) is 0.857. The van der Waals surface area contributed by atoms with E-state index in [1.54, 1.807) is 6.33 Å². The van der Waals surface area contributed by atoms with Gasteiger partial charge in [-0.05, 0) is 32.6 Å². The summed E-state index contributed by atoms with van der Waals surface area (Å²) in [5, 5.41) is 4.30. The Kier molecular flexibility index (Phi) is 4.05. The van der Waals surface area contributed by atoms with E-state index in [4.69, 9.17) is 5.73 Å². The van der Waals surface area contributed by atoms with E-state index in [2.05, 4.69) is 30.9 Å². The minimum atomic E-state index is -0.0708. The highest BCUT2D eigenvalue weighted by atomic mass is 15.3. The fourth-order valence-corrected chi connectivity index (χ4v) is 3.18. The van der Waals surface area contributed by atoms with Crippen LogP contribution in [0.5, 0.6) is 0 Å². The molecule has 1 saturated carbocycles. The van der Waals surface area contributed by atoms with E-state index in [0.29, 0.717) is 6.04 Å². The van der Waals surface area contributed by atoms with Crippen LogP contribution in [0.4, 0.5) is 0 Å². The Labute approximate surface area is 110 Å². The molecule has 2 unspecified atom stereocenters. The molecule has 4 heteroatoms. The molecular weight excluding hydrogens is 224 g/mol. The molecule has 102 valence electrons. The van der Waals surface area contributed by atoms with Crippen LogP contribution in [-0.2, 0) is 6.42 Å². The average molecular weight is 250 g/mol. The zero-order valence-electron chi connectivity index (χ0n) is 11.9. The number of nitrogens with zero attached hydrogens (tertiary/aromatic N) is 3. The van der Waals surface area contributed by atoms with Gasteiger partial charge in [-0.15, -0.1) is 0 Å². The van der Waals surface area contributed by atoms with Gasteiger partial charge in [0.1, 0.15) is 12.2 Å². The molecule has 0 amide bonds. The van der Waals surface area contributed by atoms with Gasteiger partial charge in [0.15, 0.2) is 0 Å². The number of nitrogens with two attached hydrogens (primary N) is 1. The third kappa shape index (κ3) is 2.91. The molecule has 4 nitrogen and oxygen atoms in total. The predicted molar refractivity (Wildman–Crippen MR) is 73.3 cm³/mol. The Hall–Kier alpha value is -0.900. The molecule has 1 fully saturated rings. The molecule has 0 aromatic carbocycles. The van der Waals surface area contributed by atoms with Gasteiger partial charge >= 0.3 is 0 Å². The Morgan fingerprint density at radius 2 is 2.33 bits per heavy atom. The van der Waals surface area contributed by atoms with Crippen LogP contribution in [0, 0.1) is 5.92 Å². The molecule has 0 spiro atoms. The van der Waals surface area contributed by atoms with Gasteiger partial charge in [0.25, 0.3) is 0 Å². The van der Waals surface area contributed by atoms with Crippen LogP contribution in [0.2, 0.25) is 0 Å². The minimum absolute atomic E-state index is 0.0708. The van der Waals surface area contributed by atoms with Crippen LogP contribution in [0.25, 0.3) is 0 Å². The quantitative estimate of drug-likeness (QED) is 0.894. The van der Waals surface area contributed by atoms with Crippen LogP contribution in [0.1, 0.15) is 64.7 Å². The Morgan fingerprint density at radius 1 is 1.56 bits per heavy atom. The highest BCUT2D eigenvalue weighted by molar-refractivity contribution is 5.00. The average Bonchev–Trinajstić information content (AvgIpc) is 2.76. The minimum Gasteiger partial charge on any atom is -0.325 e. The van der Waals surface area contributed by atoms with Crippen molar-refractivity contribution in [3.63, 3.8) is 0 Å². The summed E-state index contributed by atoms with van der Waals surface area (Å²) in [6.07, 6.45) is 8.61. The van der Waals surface area contributed by atoms with Crippen LogP contribution in [0.15, 0.2) is 6.33 Å². The van der Waals surface area contributed by atoms with Crippen molar-refractivity contribution in [2.45, 2.75) is 70.9 Å². The van der Waals surface area contributed by atoms with Crippen molar-refractivity contribution >= 4 is 0 Å². The zero-order valence-corrected chi connectivity index (χ0v) is 11.9. The molecule has 1 aromatic rings. The van der Waals surface area contributed by atoms with Gasteiger partial charge in [-0.1, -0.05) is 26.2 Å². The lowest BCUT2D eigenvalue weighted by Gasteiger charge is -2.37. The first-order valence-electron chi connectivity index (χ1n) is 7.21. The normalized spacial score (nSPS) is 28.8. The van der Waals surface area contributed by atoms with Gasteiger partial charge in [0.05, 0.1) is 0 Å². The van der Waals surface area contributed by atoms with Crippen LogP contribution in [0.3, 0.4) is 0 Å². The lowest BCUT2D eigenvalue weighted by atomic mass is 9.73. The molecule has 0 saturated heterocycles. The molecule has 0 aliphatic heterocycles. The van der Waals surface area contributed by atoms with Crippen molar-refractivity contribution in [2.24, 2.45) is 11.7 Å². The van der Waals surface area contributed by atoms with Crippen LogP contribution < -0.4 is 5.73 Å². The predicted octanol–water partition coefficient (Wildman–Crippen LogP) is 2.70. The van der Waals surface area contributed by atoms with E-state index >= 15 is 0 Å². The first-order chi connectivity index (χ1) is 8.54. The van der Waals surface area contributed by atoms with Crippen molar-refractivity contribution in [2.75, 3.05) is 0 Å². The third-order valence-electron chi connectivity index (χ3n) is 4.21. The second-order valence-corrected chi connectivity index (χ2v) is 6.12. The SMILES string of the molecule is CCC1CCCC(N)(Cc2ncnn2C(C)C)C1. The molecule has 18 heavy (non-hydrogen) atoms. The lowest BCUT2D eigenvalue weighted by molar-refractivity contribution is 0.213. The highest BCUT2D eigenvalue weighted by Gasteiger charge is 2.33. The van der Waals surface area contributed by atoms with Crippen molar-refractivity contribution in [1.29, 1.82) is 0 Å². The summed E-state index contributed by atoms with van der Waals surface area (Å²) in [6, 6.07) is 0.358. The van der Waals surface area contributed by atoms with Crippen LogP contribution in [-0.4, -0.2) is 20.3 Å². The summed E-state index contributed by atoms with van der Waals surface area (Å²) in [7, 11) is 0. The standard InChI is InChI=1S/C14H26N4/c1-4-12-6-5-7-14(15,8-12)9-13-16-10-17-18(13)11(2)3/h10-12H,4-9,15H2,1-3H3. The summed E-state index contributed by atoms with van der Waals surface area (Å²) in [5.41, 5.74) is 6.53. The topological polar surface area (TPSA) is 56.7 Å². The zero-order chi connectivity index (χ0) is 13.2. The van der Waals surface area contributed by atoms with Crippen molar-refractivity contribution < 1.29 is 0 Å². The Bertz CT molecular complexity index is 385. The van der Waals surface area contributed by atoms with Crippen molar-refractivity contribution in [1.82, 2.24) is 14.8 Å². The van der Waals surface area contributed by atoms with E-state index in [0.717, 1.165) is 31.0 Å². The molecule has 1 aliphatic rings. The molecule has 2 N–H and O–H groups in total. The molecule has 0 radical (unpaired) electrons. The van der Waals surface area contributed by atoms with E-state index in [-0.39, 0.29) is 5.54 Å². The van der Waals surface area contributed by atoms with Gasteiger partial charge in [-0.3, -0.25) is 0 Å². The maximum Gasteiger partial charge on any atom is 0.138 e. The van der Waals surface area contributed by atoms with E-state index < -0.39 is 0 Å². The number of hydrogen-bond donors (Lipinski definition) is 1. The van der Waals surface area contributed by atoms with E-state index in [9.17, 15) is 0 Å². The second kappa shape index (κ2) is 5.39. The van der Waals surface area contributed by atoms with Gasteiger partial charge in [0, 0.05) is 18.0 Å². The second-order valence-electron chi connectivity index (χ2n) is 6.12. The van der Waals surface area contributed by atoms with Gasteiger partial charge in [0.2, 0.25) is 0 Å². The molecule has 1 aromatic heterocycles. The van der Waals surface area contributed by atoms with Crippen LogP contribution >= 0.6 is 0 Å². The number of aromatic nitrogens is 3. The van der Waals surface area contributed by atoms with Gasteiger partial charge < -0.3 is 5.73 Å². The fourth-order valence-electron chi connectivity index (χ4n) is 3.18. The lowest BCUT2D eigenvalue weighted by Crippen LogP contribution is -2.46. The Balaban J connectivity index is 2.09. The molecule has 2 atom stereocenters. The maximum absolute atomic E-state index is 6.60. The molecule has 1 heterocycles. The summed E-state index contributed by atoms with van der Waals surface area (Å²) >= 11 is 0. The van der Waals surface area contributed by atoms with Crippen molar-refractivity contribution in [3.8, 4) is 0 Å². The Morgan fingerprint density at radius 3 is 3.00 bits per heavy atom. The van der Waals surface area contributed by atoms with Gasteiger partial charge in [-0.2, -0.15) is 5.10 Å². The first kappa shape index (κ1) is 13.5. The van der Waals surface area contributed by atoms with Gasteiger partial charge in [-0.25, -0.2) is 9.67 Å². The third-order valence-corrected chi connectivity index (χ3v) is 4.21. The maximum atomic E-state index is 6.60. The number of rotatable bonds is 4. The number of hydrogen-bond acceptors (Lipinski definition) is 3. The summed E-state index contributed by atoms with van der Waals surface area (Å²) in [6.45, 7) is 6.54. The molecule has 2 rings (SSSR count). The first-order valence-corrected chi connectivity index (χ1v) is 7.21.